The lowest BCUT2D eigenvalue weighted by atomic mass is 9.85. The van der Waals surface area contributed by atoms with Crippen molar-refractivity contribution in [1.29, 1.82) is 0 Å². The minimum absolute atomic E-state index is 0.0149. The zero-order chi connectivity index (χ0) is 45.2. The van der Waals surface area contributed by atoms with E-state index in [1.807, 2.05) is 39.8 Å². The molecule has 6 amide bonds. The van der Waals surface area contributed by atoms with E-state index in [0.29, 0.717) is 44.7 Å². The van der Waals surface area contributed by atoms with Crippen LogP contribution in [-0.4, -0.2) is 119 Å². The standard InChI is InChI=1S/C51H60FN7O6/c1-2-48(62)56-30-38(31-56)58-29-36-13-12-35(42-28-39(60)24-34-10-6-7-11-40(34)42)25-46(36)57(51(58)65)23-19-53-18-8-4-3-5-9-20-55-21-16-33(17-22-55)41-26-37(52)27-43-44(41)32-59(50(43)64)45-14-15-47(61)54-49(45)63/h6-7,10-13,24-28,33,38,45,53,60H,2-5,8-9,14-23,29-32H2,1H3,(H,54,61,63). The lowest BCUT2D eigenvalue weighted by Gasteiger charge is -2.48. The highest BCUT2D eigenvalue weighted by atomic mass is 19.1. The molecule has 65 heavy (non-hydrogen) atoms. The number of aromatic hydroxyl groups is 1. The topological polar surface area (TPSA) is 146 Å². The van der Waals surface area contributed by atoms with E-state index in [1.54, 1.807) is 18.2 Å². The molecule has 5 aliphatic rings. The number of carbonyl (C=O) groups is 5. The number of anilines is 1. The van der Waals surface area contributed by atoms with E-state index in [4.69, 9.17) is 0 Å². The van der Waals surface area contributed by atoms with Crippen molar-refractivity contribution in [3.8, 4) is 16.9 Å². The summed E-state index contributed by atoms with van der Waals surface area (Å²) in [6.45, 7) is 8.61. The molecule has 13 nitrogen and oxygen atoms in total. The predicted molar refractivity (Wildman–Crippen MR) is 247 cm³/mol. The lowest BCUT2D eigenvalue weighted by Crippen LogP contribution is -2.65. The number of phenolic OH excluding ortho intramolecular Hbond substituents is 1. The number of amides is 6. The second-order valence-electron chi connectivity index (χ2n) is 18.5. The molecule has 5 aliphatic heterocycles. The van der Waals surface area contributed by atoms with Crippen molar-refractivity contribution in [2.45, 2.75) is 102 Å². The van der Waals surface area contributed by atoms with Gasteiger partial charge in [-0.05, 0) is 133 Å². The Morgan fingerprint density at radius 2 is 1.62 bits per heavy atom. The number of nitrogens with zero attached hydrogens (tertiary/aromatic N) is 5. The first-order chi connectivity index (χ1) is 31.6. The number of carbonyl (C=O) groups excluding carboxylic acids is 5. The Morgan fingerprint density at radius 3 is 2.42 bits per heavy atom. The van der Waals surface area contributed by atoms with Crippen LogP contribution in [0.3, 0.4) is 0 Å². The highest BCUT2D eigenvalue weighted by molar-refractivity contribution is 6.06. The number of piperidine rings is 2. The van der Waals surface area contributed by atoms with Gasteiger partial charge in [-0.2, -0.15) is 0 Å². The van der Waals surface area contributed by atoms with E-state index in [9.17, 15) is 33.5 Å². The fraction of sp³-hybridized carbons (Fsp3) is 0.471. The van der Waals surface area contributed by atoms with Crippen LogP contribution in [0.5, 0.6) is 5.75 Å². The smallest absolute Gasteiger partial charge is 0.325 e. The van der Waals surface area contributed by atoms with Gasteiger partial charge in [0.2, 0.25) is 17.7 Å². The Morgan fingerprint density at radius 1 is 0.831 bits per heavy atom. The van der Waals surface area contributed by atoms with Crippen LogP contribution in [0.25, 0.3) is 21.9 Å². The van der Waals surface area contributed by atoms with E-state index >= 15 is 0 Å². The van der Waals surface area contributed by atoms with Gasteiger partial charge in [0, 0.05) is 57.7 Å². The monoisotopic (exact) mass is 885 g/mol. The molecule has 9 rings (SSSR count). The summed E-state index contributed by atoms with van der Waals surface area (Å²) in [5.41, 5.74) is 5.85. The minimum atomic E-state index is -0.718. The number of imide groups is 1. The Kier molecular flexibility index (Phi) is 13.2. The van der Waals surface area contributed by atoms with Crippen molar-refractivity contribution in [3.05, 3.63) is 94.8 Å². The summed E-state index contributed by atoms with van der Waals surface area (Å²) >= 11 is 0. The molecular weight excluding hydrogens is 826 g/mol. The van der Waals surface area contributed by atoms with Crippen LogP contribution in [0.2, 0.25) is 0 Å². The number of likely N-dealkylation sites (tertiary alicyclic amines) is 2. The van der Waals surface area contributed by atoms with Crippen molar-refractivity contribution in [1.82, 2.24) is 30.2 Å². The number of rotatable bonds is 16. The molecule has 3 fully saturated rings. The van der Waals surface area contributed by atoms with Gasteiger partial charge in [0.05, 0.1) is 11.7 Å². The molecule has 1 atom stereocenters. The van der Waals surface area contributed by atoms with Gasteiger partial charge in [-0.3, -0.25) is 29.4 Å². The molecule has 1 unspecified atom stereocenters. The van der Waals surface area contributed by atoms with Crippen molar-refractivity contribution in [2.24, 2.45) is 0 Å². The zero-order valence-electron chi connectivity index (χ0n) is 37.3. The van der Waals surface area contributed by atoms with Crippen LogP contribution in [0, 0.1) is 5.82 Å². The molecule has 4 aromatic rings. The molecule has 14 heteroatoms. The summed E-state index contributed by atoms with van der Waals surface area (Å²) < 4.78 is 14.9. The number of fused-ring (bicyclic) bond motifs is 3. The van der Waals surface area contributed by atoms with E-state index < -0.39 is 17.8 Å². The van der Waals surface area contributed by atoms with Crippen molar-refractivity contribution >= 4 is 46.1 Å². The highest BCUT2D eigenvalue weighted by Crippen LogP contribution is 2.40. The number of hydrogen-bond donors (Lipinski definition) is 3. The normalized spacial score (nSPS) is 19.5. The molecule has 4 aromatic carbocycles. The summed E-state index contributed by atoms with van der Waals surface area (Å²) in [4.78, 5) is 73.8. The summed E-state index contributed by atoms with van der Waals surface area (Å²) in [5.74, 6) is -1.10. The number of unbranched alkanes of at least 4 members (excludes halogenated alkanes) is 4. The molecule has 0 aromatic heterocycles. The molecule has 0 aliphatic carbocycles. The summed E-state index contributed by atoms with van der Waals surface area (Å²) in [7, 11) is 0. The first-order valence-electron chi connectivity index (χ1n) is 23.7. The quantitative estimate of drug-likeness (QED) is 0.0815. The Labute approximate surface area is 379 Å². The van der Waals surface area contributed by atoms with Gasteiger partial charge in [-0.15, -0.1) is 0 Å². The lowest BCUT2D eigenvalue weighted by molar-refractivity contribution is -0.138. The summed E-state index contributed by atoms with van der Waals surface area (Å²) in [6, 6.07) is 19.9. The SMILES string of the molecule is CCC(=O)N1CC(N2Cc3ccc(-c4cc(O)cc5ccccc45)cc3N(CCNCCCCCCCN3CCC(c4cc(F)cc5c4CN(C4CCC(=O)NC4=O)C5=O)CC3)C2=O)C1. The molecule has 0 bridgehead atoms. The van der Waals surface area contributed by atoms with Crippen molar-refractivity contribution < 1.29 is 33.5 Å². The molecule has 0 spiro atoms. The van der Waals surface area contributed by atoms with Gasteiger partial charge < -0.3 is 30.0 Å². The van der Waals surface area contributed by atoms with Gasteiger partial charge in [0.25, 0.3) is 5.91 Å². The molecular formula is C51H60FN7O6. The first-order valence-corrected chi connectivity index (χ1v) is 23.7. The Balaban J connectivity index is 0.724. The zero-order valence-corrected chi connectivity index (χ0v) is 37.3. The van der Waals surface area contributed by atoms with Crippen LogP contribution < -0.4 is 15.5 Å². The van der Waals surface area contributed by atoms with Gasteiger partial charge in [-0.1, -0.05) is 62.6 Å². The average molecular weight is 886 g/mol. The van der Waals surface area contributed by atoms with Crippen LogP contribution in [0.15, 0.2) is 66.7 Å². The van der Waals surface area contributed by atoms with E-state index in [1.165, 1.54) is 11.0 Å². The van der Waals surface area contributed by atoms with E-state index in [-0.39, 0.29) is 60.8 Å². The maximum Gasteiger partial charge on any atom is 0.325 e. The predicted octanol–water partition coefficient (Wildman–Crippen LogP) is 6.90. The summed E-state index contributed by atoms with van der Waals surface area (Å²) in [5, 5.41) is 18.5. The fourth-order valence-corrected chi connectivity index (χ4v) is 10.7. The van der Waals surface area contributed by atoms with Crippen LogP contribution in [0.4, 0.5) is 14.9 Å². The van der Waals surface area contributed by atoms with Gasteiger partial charge >= 0.3 is 6.03 Å². The van der Waals surface area contributed by atoms with E-state index in [2.05, 4.69) is 39.8 Å². The molecule has 0 radical (unpaired) electrons. The third kappa shape index (κ3) is 9.33. The Bertz CT molecular complexity index is 2480. The third-order valence-corrected chi connectivity index (χ3v) is 14.3. The second kappa shape index (κ2) is 19.3. The number of benzene rings is 4. The van der Waals surface area contributed by atoms with Gasteiger partial charge in [-0.25, -0.2) is 9.18 Å². The molecule has 3 N–H and O–H groups in total. The average Bonchev–Trinajstić information content (AvgIpc) is 3.61. The van der Waals surface area contributed by atoms with Gasteiger partial charge in [0.1, 0.15) is 17.6 Å². The number of hydrogen-bond acceptors (Lipinski definition) is 8. The van der Waals surface area contributed by atoms with Gasteiger partial charge in [0.15, 0.2) is 0 Å². The minimum Gasteiger partial charge on any atom is -0.508 e. The van der Waals surface area contributed by atoms with Crippen LogP contribution in [0.1, 0.15) is 104 Å². The van der Waals surface area contributed by atoms with Crippen LogP contribution in [-0.2, 0) is 27.5 Å². The maximum atomic E-state index is 14.9. The highest BCUT2D eigenvalue weighted by Gasteiger charge is 2.43. The van der Waals surface area contributed by atoms with Crippen LogP contribution >= 0.6 is 0 Å². The number of nitrogens with one attached hydrogen (secondary N) is 2. The third-order valence-electron chi connectivity index (χ3n) is 14.3. The molecule has 3 saturated heterocycles. The largest absolute Gasteiger partial charge is 0.508 e. The fourth-order valence-electron chi connectivity index (χ4n) is 10.7. The molecule has 5 heterocycles. The number of halogens is 1. The molecule has 342 valence electrons. The number of phenols is 1. The summed E-state index contributed by atoms with van der Waals surface area (Å²) in [6.07, 6.45) is 8.25. The molecule has 0 saturated carbocycles. The second-order valence-corrected chi connectivity index (χ2v) is 18.5. The van der Waals surface area contributed by atoms with E-state index in [0.717, 1.165) is 115 Å². The van der Waals surface area contributed by atoms with Crippen molar-refractivity contribution in [2.75, 3.05) is 57.3 Å². The Hall–Kier alpha value is -5.86. The first kappa shape index (κ1) is 44.3. The number of urea groups is 1. The van der Waals surface area contributed by atoms with Crippen molar-refractivity contribution in [3.63, 3.8) is 0 Å². The maximum absolute atomic E-state index is 14.9.